The quantitative estimate of drug-likeness (QED) is 0.523. The van der Waals surface area contributed by atoms with Gasteiger partial charge in [0.2, 0.25) is 21.8 Å². The van der Waals surface area contributed by atoms with Crippen molar-refractivity contribution >= 4 is 27.5 Å². The first-order chi connectivity index (χ1) is 16.0. The van der Waals surface area contributed by atoms with Crippen molar-refractivity contribution in [1.29, 1.82) is 0 Å². The first-order valence-electron chi connectivity index (χ1n) is 11.7. The summed E-state index contributed by atoms with van der Waals surface area (Å²) in [5.74, 6) is -0.662. The Balaban J connectivity index is 2.43. The van der Waals surface area contributed by atoms with Gasteiger partial charge in [-0.05, 0) is 62.4 Å². The van der Waals surface area contributed by atoms with Crippen LogP contribution in [0.4, 0.5) is 5.69 Å². The average Bonchev–Trinajstić information content (AvgIpc) is 2.78. The standard InChI is InChI=1S/C26H37N3O4S/c1-7-15-27-26(31)24(8-2)28(17-22-12-9-19(3)10-13-22)25(30)18-29(34(6,32)33)23-14-11-20(4)21(5)16-23/h9-14,16,24H,7-8,15,17-18H2,1-6H3,(H,27,31)/t24-/m1/s1. The average molecular weight is 488 g/mol. The molecule has 2 rings (SSSR count). The van der Waals surface area contributed by atoms with Crippen molar-refractivity contribution in [2.24, 2.45) is 0 Å². The van der Waals surface area contributed by atoms with Crippen LogP contribution in [0.1, 0.15) is 48.9 Å². The Hall–Kier alpha value is -2.87. The van der Waals surface area contributed by atoms with E-state index in [0.29, 0.717) is 18.7 Å². The molecular formula is C26H37N3O4S. The van der Waals surface area contributed by atoms with E-state index in [1.54, 1.807) is 12.1 Å². The third-order valence-electron chi connectivity index (χ3n) is 5.87. The lowest BCUT2D eigenvalue weighted by atomic mass is 10.1. The van der Waals surface area contributed by atoms with E-state index in [0.717, 1.165) is 39.2 Å². The van der Waals surface area contributed by atoms with Crippen LogP contribution in [0, 0.1) is 20.8 Å². The summed E-state index contributed by atoms with van der Waals surface area (Å²) in [4.78, 5) is 28.0. The van der Waals surface area contributed by atoms with Gasteiger partial charge >= 0.3 is 0 Å². The SMILES string of the molecule is CCCNC(=O)[C@@H](CC)N(Cc1ccc(C)cc1)C(=O)CN(c1ccc(C)c(C)c1)S(C)(=O)=O. The van der Waals surface area contributed by atoms with E-state index >= 15 is 0 Å². The summed E-state index contributed by atoms with van der Waals surface area (Å²) in [6.45, 7) is 9.97. The lowest BCUT2D eigenvalue weighted by molar-refractivity contribution is -0.140. The first kappa shape index (κ1) is 27.4. The third-order valence-corrected chi connectivity index (χ3v) is 7.01. The van der Waals surface area contributed by atoms with Crippen LogP contribution in [0.3, 0.4) is 0 Å². The second-order valence-electron chi connectivity index (χ2n) is 8.76. The Kier molecular flexibility index (Phi) is 9.67. The van der Waals surface area contributed by atoms with Gasteiger partial charge in [-0.2, -0.15) is 0 Å². The highest BCUT2D eigenvalue weighted by Crippen LogP contribution is 2.22. The topological polar surface area (TPSA) is 86.8 Å². The zero-order valence-electron chi connectivity index (χ0n) is 21.1. The maximum absolute atomic E-state index is 13.6. The fraction of sp³-hybridized carbons (Fsp3) is 0.462. The van der Waals surface area contributed by atoms with Gasteiger partial charge in [-0.1, -0.05) is 49.7 Å². The Morgan fingerprint density at radius 1 is 0.971 bits per heavy atom. The van der Waals surface area contributed by atoms with Gasteiger partial charge in [-0.25, -0.2) is 8.42 Å². The lowest BCUT2D eigenvalue weighted by Gasteiger charge is -2.33. The molecule has 0 aliphatic rings. The Morgan fingerprint density at radius 2 is 1.62 bits per heavy atom. The molecule has 1 N–H and O–H groups in total. The van der Waals surface area contributed by atoms with Gasteiger partial charge in [-0.15, -0.1) is 0 Å². The van der Waals surface area contributed by atoms with Crippen LogP contribution in [0.15, 0.2) is 42.5 Å². The van der Waals surface area contributed by atoms with Crippen LogP contribution in [-0.4, -0.2) is 50.5 Å². The molecule has 0 saturated heterocycles. The molecule has 7 nitrogen and oxygen atoms in total. The van der Waals surface area contributed by atoms with Gasteiger partial charge < -0.3 is 10.2 Å². The number of nitrogens with one attached hydrogen (secondary N) is 1. The number of carbonyl (C=O) groups is 2. The summed E-state index contributed by atoms with van der Waals surface area (Å²) in [7, 11) is -3.74. The highest BCUT2D eigenvalue weighted by atomic mass is 32.2. The summed E-state index contributed by atoms with van der Waals surface area (Å²) < 4.78 is 26.5. The molecular weight excluding hydrogens is 450 g/mol. The van der Waals surface area contributed by atoms with Gasteiger partial charge in [0.15, 0.2) is 0 Å². The monoisotopic (exact) mass is 487 g/mol. The van der Waals surface area contributed by atoms with Crippen LogP contribution < -0.4 is 9.62 Å². The second kappa shape index (κ2) is 12.0. The molecule has 0 spiro atoms. The number of hydrogen-bond acceptors (Lipinski definition) is 4. The zero-order valence-corrected chi connectivity index (χ0v) is 21.9. The second-order valence-corrected chi connectivity index (χ2v) is 10.7. The molecule has 0 aromatic heterocycles. The van der Waals surface area contributed by atoms with Crippen LogP contribution in [0.2, 0.25) is 0 Å². The van der Waals surface area contributed by atoms with E-state index in [4.69, 9.17) is 0 Å². The van der Waals surface area contributed by atoms with Crippen LogP contribution >= 0.6 is 0 Å². The molecule has 0 fully saturated rings. The number of rotatable bonds is 11. The number of sulfonamides is 1. The molecule has 0 bridgehead atoms. The molecule has 2 aromatic carbocycles. The van der Waals surface area contributed by atoms with E-state index in [9.17, 15) is 18.0 Å². The van der Waals surface area contributed by atoms with Crippen molar-refractivity contribution in [2.45, 2.75) is 60.0 Å². The Bertz CT molecular complexity index is 1100. The number of hydrogen-bond donors (Lipinski definition) is 1. The molecule has 34 heavy (non-hydrogen) atoms. The first-order valence-corrected chi connectivity index (χ1v) is 13.5. The largest absolute Gasteiger partial charge is 0.354 e. The lowest BCUT2D eigenvalue weighted by Crippen LogP contribution is -2.52. The highest BCUT2D eigenvalue weighted by Gasteiger charge is 2.31. The molecule has 8 heteroatoms. The normalized spacial score (nSPS) is 12.2. The molecule has 0 saturated carbocycles. The fourth-order valence-electron chi connectivity index (χ4n) is 3.67. The van der Waals surface area contributed by atoms with Gasteiger partial charge in [-0.3, -0.25) is 13.9 Å². The van der Waals surface area contributed by atoms with Crippen LogP contribution in [-0.2, 0) is 26.2 Å². The van der Waals surface area contributed by atoms with Gasteiger partial charge in [0, 0.05) is 13.1 Å². The molecule has 2 amide bonds. The Morgan fingerprint density at radius 3 is 2.15 bits per heavy atom. The van der Waals surface area contributed by atoms with Gasteiger partial charge in [0.25, 0.3) is 0 Å². The van der Waals surface area contributed by atoms with E-state index < -0.39 is 22.0 Å². The van der Waals surface area contributed by atoms with Crippen molar-refractivity contribution in [3.8, 4) is 0 Å². The van der Waals surface area contributed by atoms with Crippen molar-refractivity contribution in [3.05, 3.63) is 64.7 Å². The molecule has 0 heterocycles. The minimum absolute atomic E-state index is 0.210. The summed E-state index contributed by atoms with van der Waals surface area (Å²) in [6, 6.07) is 12.3. The minimum Gasteiger partial charge on any atom is -0.354 e. The van der Waals surface area contributed by atoms with Gasteiger partial charge in [0.05, 0.1) is 11.9 Å². The zero-order chi connectivity index (χ0) is 25.5. The Labute approximate surface area is 204 Å². The molecule has 0 radical (unpaired) electrons. The van der Waals surface area contributed by atoms with Crippen LogP contribution in [0.25, 0.3) is 0 Å². The minimum atomic E-state index is -3.74. The summed E-state index contributed by atoms with van der Waals surface area (Å²) in [5, 5.41) is 2.88. The summed E-state index contributed by atoms with van der Waals surface area (Å²) in [5.41, 5.74) is 4.35. The third kappa shape index (κ3) is 7.32. The molecule has 2 aromatic rings. The molecule has 0 aliphatic heterocycles. The van der Waals surface area contributed by atoms with E-state index in [1.807, 2.05) is 65.0 Å². The number of amides is 2. The van der Waals surface area contributed by atoms with E-state index in [2.05, 4.69) is 5.32 Å². The number of nitrogens with zero attached hydrogens (tertiary/aromatic N) is 2. The number of carbonyl (C=O) groups excluding carboxylic acids is 2. The van der Waals surface area contributed by atoms with Crippen molar-refractivity contribution in [2.75, 3.05) is 23.7 Å². The summed E-state index contributed by atoms with van der Waals surface area (Å²) >= 11 is 0. The van der Waals surface area contributed by atoms with Gasteiger partial charge in [0.1, 0.15) is 12.6 Å². The van der Waals surface area contributed by atoms with E-state index in [1.165, 1.54) is 4.90 Å². The number of benzene rings is 2. The predicted molar refractivity (Wildman–Crippen MR) is 137 cm³/mol. The van der Waals surface area contributed by atoms with Crippen molar-refractivity contribution in [1.82, 2.24) is 10.2 Å². The number of anilines is 1. The molecule has 0 aliphatic carbocycles. The smallest absolute Gasteiger partial charge is 0.244 e. The van der Waals surface area contributed by atoms with Crippen molar-refractivity contribution < 1.29 is 18.0 Å². The summed E-state index contributed by atoms with van der Waals surface area (Å²) in [6.07, 6.45) is 2.28. The fourth-order valence-corrected chi connectivity index (χ4v) is 4.51. The van der Waals surface area contributed by atoms with Crippen LogP contribution in [0.5, 0.6) is 0 Å². The van der Waals surface area contributed by atoms with E-state index in [-0.39, 0.29) is 19.0 Å². The molecule has 0 unspecified atom stereocenters. The maximum atomic E-state index is 13.6. The maximum Gasteiger partial charge on any atom is 0.244 e. The molecule has 1 atom stereocenters. The highest BCUT2D eigenvalue weighted by molar-refractivity contribution is 7.92. The predicted octanol–water partition coefficient (Wildman–Crippen LogP) is 3.71. The number of aryl methyl sites for hydroxylation is 3. The van der Waals surface area contributed by atoms with Crippen molar-refractivity contribution in [3.63, 3.8) is 0 Å². The molecule has 186 valence electrons.